The predicted octanol–water partition coefficient (Wildman–Crippen LogP) is 2.44. The topological polar surface area (TPSA) is 78.5 Å². The quantitative estimate of drug-likeness (QED) is 0.801. The molecule has 1 amide bonds. The molecule has 0 spiro atoms. The first-order valence-electron chi connectivity index (χ1n) is 9.16. The summed E-state index contributed by atoms with van der Waals surface area (Å²) in [6.07, 6.45) is 1.65. The molecule has 1 saturated heterocycles. The van der Waals surface area contributed by atoms with Gasteiger partial charge in [-0.3, -0.25) is 4.79 Å². The molecule has 3 rings (SSSR count). The number of sulfonamides is 1. The summed E-state index contributed by atoms with van der Waals surface area (Å²) in [5.41, 5.74) is 1.92. The summed E-state index contributed by atoms with van der Waals surface area (Å²) in [5, 5.41) is 2.97. The number of piperidine rings is 1. The van der Waals surface area contributed by atoms with Crippen molar-refractivity contribution in [3.05, 3.63) is 59.4 Å². The average molecular weight is 405 g/mol. The minimum atomic E-state index is -3.54. The fourth-order valence-corrected chi connectivity index (χ4v) is 4.08. The van der Waals surface area contributed by atoms with Gasteiger partial charge in [-0.25, -0.2) is 17.5 Å². The van der Waals surface area contributed by atoms with Crippen LogP contribution in [0.5, 0.6) is 0 Å². The Balaban J connectivity index is 1.68. The van der Waals surface area contributed by atoms with Crippen LogP contribution in [-0.4, -0.2) is 40.5 Å². The van der Waals surface area contributed by atoms with E-state index in [4.69, 9.17) is 0 Å². The zero-order valence-corrected chi connectivity index (χ0v) is 16.7. The van der Waals surface area contributed by atoms with Crippen LogP contribution < -0.4 is 14.9 Å². The molecular weight excluding hydrogens is 381 g/mol. The van der Waals surface area contributed by atoms with Crippen LogP contribution >= 0.6 is 0 Å². The molecule has 1 unspecified atom stereocenters. The Morgan fingerprint density at radius 3 is 2.57 bits per heavy atom. The van der Waals surface area contributed by atoms with Gasteiger partial charge in [0.25, 0.3) is 5.91 Å². The molecule has 2 aromatic carbocycles. The zero-order valence-electron chi connectivity index (χ0n) is 15.9. The predicted molar refractivity (Wildman–Crippen MR) is 107 cm³/mol. The molecule has 0 aliphatic carbocycles. The van der Waals surface area contributed by atoms with Gasteiger partial charge in [0, 0.05) is 24.7 Å². The Morgan fingerprint density at radius 1 is 1.18 bits per heavy atom. The monoisotopic (exact) mass is 405 g/mol. The number of carbonyl (C=O) groups excluding carboxylic acids is 1. The van der Waals surface area contributed by atoms with E-state index in [0.29, 0.717) is 17.8 Å². The van der Waals surface area contributed by atoms with Crippen LogP contribution in [0.3, 0.4) is 0 Å². The van der Waals surface area contributed by atoms with E-state index >= 15 is 0 Å². The molecule has 0 bridgehead atoms. The lowest BCUT2D eigenvalue weighted by atomic mass is 10.0. The maximum absolute atomic E-state index is 14.2. The van der Waals surface area contributed by atoms with Gasteiger partial charge in [0.2, 0.25) is 10.0 Å². The zero-order chi connectivity index (χ0) is 20.3. The van der Waals surface area contributed by atoms with Crippen molar-refractivity contribution in [3.8, 4) is 0 Å². The number of benzene rings is 2. The molecule has 0 radical (unpaired) electrons. The number of carbonyl (C=O) groups is 1. The highest BCUT2D eigenvalue weighted by molar-refractivity contribution is 7.89. The number of nitrogens with one attached hydrogen (secondary N) is 2. The minimum Gasteiger partial charge on any atom is -0.367 e. The summed E-state index contributed by atoms with van der Waals surface area (Å²) < 4.78 is 40.0. The Morgan fingerprint density at radius 2 is 1.89 bits per heavy atom. The highest BCUT2D eigenvalue weighted by atomic mass is 32.2. The van der Waals surface area contributed by atoms with Gasteiger partial charge >= 0.3 is 0 Å². The Bertz CT molecular complexity index is 961. The SMILES string of the molecule is CNS(=O)(=O)c1ccc(C(=O)NC2CCCN(c3cc(C)ccc3F)C2)cc1. The number of hydrogen-bond acceptors (Lipinski definition) is 4. The van der Waals surface area contributed by atoms with Crippen LogP contribution in [0, 0.1) is 12.7 Å². The summed E-state index contributed by atoms with van der Waals surface area (Å²) in [6.45, 7) is 3.19. The van der Waals surface area contributed by atoms with Crippen molar-refractivity contribution >= 4 is 21.6 Å². The smallest absolute Gasteiger partial charge is 0.251 e. The third-order valence-electron chi connectivity index (χ3n) is 4.89. The van der Waals surface area contributed by atoms with Gasteiger partial charge in [-0.1, -0.05) is 6.07 Å². The molecule has 0 aromatic heterocycles. The third kappa shape index (κ3) is 4.51. The second kappa shape index (κ2) is 8.28. The Hall–Kier alpha value is -2.45. The normalized spacial score (nSPS) is 17.4. The maximum Gasteiger partial charge on any atom is 0.251 e. The number of hydrogen-bond donors (Lipinski definition) is 2. The molecule has 1 heterocycles. The second-order valence-electron chi connectivity index (χ2n) is 6.95. The Kier molecular flexibility index (Phi) is 6.00. The fourth-order valence-electron chi connectivity index (χ4n) is 3.35. The third-order valence-corrected chi connectivity index (χ3v) is 6.32. The van der Waals surface area contributed by atoms with E-state index in [1.54, 1.807) is 6.07 Å². The number of halogens is 1. The lowest BCUT2D eigenvalue weighted by Crippen LogP contribution is -2.48. The molecule has 150 valence electrons. The summed E-state index contributed by atoms with van der Waals surface area (Å²) in [4.78, 5) is 14.6. The first kappa shape index (κ1) is 20.3. The van der Waals surface area contributed by atoms with Crippen molar-refractivity contribution in [1.82, 2.24) is 10.0 Å². The van der Waals surface area contributed by atoms with Gasteiger partial charge in [0.1, 0.15) is 5.82 Å². The van der Waals surface area contributed by atoms with Gasteiger partial charge in [0.15, 0.2) is 0 Å². The van der Waals surface area contributed by atoms with Crippen molar-refractivity contribution in [3.63, 3.8) is 0 Å². The van der Waals surface area contributed by atoms with Gasteiger partial charge < -0.3 is 10.2 Å². The summed E-state index contributed by atoms with van der Waals surface area (Å²) in [7, 11) is -2.20. The molecule has 28 heavy (non-hydrogen) atoms. The molecule has 6 nitrogen and oxygen atoms in total. The highest BCUT2D eigenvalue weighted by Crippen LogP contribution is 2.24. The maximum atomic E-state index is 14.2. The molecule has 1 fully saturated rings. The van der Waals surface area contributed by atoms with Gasteiger partial charge in [-0.15, -0.1) is 0 Å². The molecule has 8 heteroatoms. The lowest BCUT2D eigenvalue weighted by molar-refractivity contribution is 0.0933. The van der Waals surface area contributed by atoms with Crippen molar-refractivity contribution in [2.45, 2.75) is 30.7 Å². The number of amides is 1. The van der Waals surface area contributed by atoms with Crippen molar-refractivity contribution < 1.29 is 17.6 Å². The van der Waals surface area contributed by atoms with Crippen molar-refractivity contribution in [2.75, 3.05) is 25.0 Å². The highest BCUT2D eigenvalue weighted by Gasteiger charge is 2.24. The molecule has 1 atom stereocenters. The fraction of sp³-hybridized carbons (Fsp3) is 0.350. The van der Waals surface area contributed by atoms with Gasteiger partial charge in [0.05, 0.1) is 10.6 Å². The number of nitrogens with zero attached hydrogens (tertiary/aromatic N) is 1. The second-order valence-corrected chi connectivity index (χ2v) is 8.83. The van der Waals surface area contributed by atoms with Crippen LogP contribution in [0.4, 0.5) is 10.1 Å². The van der Waals surface area contributed by atoms with Crippen LogP contribution in [0.2, 0.25) is 0 Å². The summed E-state index contributed by atoms with van der Waals surface area (Å²) in [5.74, 6) is -0.538. The van der Waals surface area contributed by atoms with E-state index in [0.717, 1.165) is 24.9 Å². The summed E-state index contributed by atoms with van der Waals surface area (Å²) in [6, 6.07) is 10.7. The molecular formula is C20H24FN3O3S. The number of anilines is 1. The van der Waals surface area contributed by atoms with Gasteiger partial charge in [-0.05, 0) is 68.8 Å². The van der Waals surface area contributed by atoms with Crippen LogP contribution in [0.1, 0.15) is 28.8 Å². The minimum absolute atomic E-state index is 0.102. The first-order valence-corrected chi connectivity index (χ1v) is 10.6. The summed E-state index contributed by atoms with van der Waals surface area (Å²) >= 11 is 0. The van der Waals surface area contributed by atoms with E-state index in [2.05, 4.69) is 10.0 Å². The average Bonchev–Trinajstić information content (AvgIpc) is 2.70. The molecule has 2 aromatic rings. The van der Waals surface area contributed by atoms with E-state index in [1.165, 1.54) is 37.4 Å². The molecule has 1 aliphatic heterocycles. The lowest BCUT2D eigenvalue weighted by Gasteiger charge is -2.35. The first-order chi connectivity index (χ1) is 13.3. The van der Waals surface area contributed by atoms with Crippen LogP contribution in [0.25, 0.3) is 0 Å². The van der Waals surface area contributed by atoms with E-state index in [1.807, 2.05) is 17.9 Å². The molecule has 2 N–H and O–H groups in total. The molecule has 0 saturated carbocycles. The van der Waals surface area contributed by atoms with Crippen molar-refractivity contribution in [2.24, 2.45) is 0 Å². The standard InChI is InChI=1S/C20H24FN3O3S/c1-14-5-10-18(21)19(12-14)24-11-3-4-16(13-24)23-20(25)15-6-8-17(9-7-15)28(26,27)22-2/h5-10,12,16,22H,3-4,11,13H2,1-2H3,(H,23,25). The van der Waals surface area contributed by atoms with Crippen molar-refractivity contribution in [1.29, 1.82) is 0 Å². The van der Waals surface area contributed by atoms with E-state index in [9.17, 15) is 17.6 Å². The van der Waals surface area contributed by atoms with E-state index in [-0.39, 0.29) is 22.7 Å². The number of rotatable bonds is 5. The van der Waals surface area contributed by atoms with Crippen LogP contribution in [-0.2, 0) is 10.0 Å². The van der Waals surface area contributed by atoms with Gasteiger partial charge in [-0.2, -0.15) is 0 Å². The van der Waals surface area contributed by atoms with E-state index < -0.39 is 10.0 Å². The largest absolute Gasteiger partial charge is 0.367 e. The molecule has 1 aliphatic rings. The Labute approximate surface area is 164 Å². The number of aryl methyl sites for hydroxylation is 1. The van der Waals surface area contributed by atoms with Crippen LogP contribution in [0.15, 0.2) is 47.4 Å².